The second-order valence-corrected chi connectivity index (χ2v) is 3.80. The molecule has 1 saturated heterocycles. The van der Waals surface area contributed by atoms with Crippen molar-refractivity contribution in [1.82, 2.24) is 0 Å². The molecule has 0 amide bonds. The molecule has 0 N–H and O–H groups in total. The maximum atomic E-state index is 5.65. The standard InChI is InChI=1S/C10H16O2/c1-7-3-4-10-9(5-7)6-11-8(2)12-10/h5,7-8,10H,3-4,6H2,1-2H3/t7-,8+,10+/m0/s1. The van der Waals surface area contributed by atoms with E-state index in [1.165, 1.54) is 18.4 Å². The molecule has 0 bridgehead atoms. The Hall–Kier alpha value is -0.340. The fourth-order valence-corrected chi connectivity index (χ4v) is 1.94. The highest BCUT2D eigenvalue weighted by atomic mass is 16.7. The third kappa shape index (κ3) is 1.54. The smallest absolute Gasteiger partial charge is 0.156 e. The van der Waals surface area contributed by atoms with Gasteiger partial charge < -0.3 is 9.47 Å². The van der Waals surface area contributed by atoms with Crippen molar-refractivity contribution in [2.45, 2.75) is 39.1 Å². The molecule has 0 saturated carbocycles. The van der Waals surface area contributed by atoms with Gasteiger partial charge in [0.25, 0.3) is 0 Å². The second kappa shape index (κ2) is 3.19. The van der Waals surface area contributed by atoms with Crippen LogP contribution in [0.25, 0.3) is 0 Å². The number of fused-ring (bicyclic) bond motifs is 1. The van der Waals surface area contributed by atoms with Crippen LogP contribution in [0.15, 0.2) is 11.6 Å². The average molecular weight is 168 g/mol. The van der Waals surface area contributed by atoms with E-state index in [0.29, 0.717) is 12.0 Å². The van der Waals surface area contributed by atoms with Gasteiger partial charge in [-0.1, -0.05) is 13.0 Å². The predicted molar refractivity (Wildman–Crippen MR) is 46.8 cm³/mol. The molecule has 0 radical (unpaired) electrons. The summed E-state index contributed by atoms with van der Waals surface area (Å²) in [7, 11) is 0. The molecular formula is C10H16O2. The van der Waals surface area contributed by atoms with Crippen molar-refractivity contribution in [1.29, 1.82) is 0 Å². The van der Waals surface area contributed by atoms with Gasteiger partial charge in [-0.05, 0) is 31.3 Å². The molecule has 2 heteroatoms. The van der Waals surface area contributed by atoms with Crippen molar-refractivity contribution in [3.63, 3.8) is 0 Å². The summed E-state index contributed by atoms with van der Waals surface area (Å²) in [6, 6.07) is 0. The molecule has 0 aromatic heterocycles. The van der Waals surface area contributed by atoms with E-state index in [2.05, 4.69) is 13.0 Å². The summed E-state index contributed by atoms with van der Waals surface area (Å²) < 4.78 is 11.1. The van der Waals surface area contributed by atoms with Gasteiger partial charge in [0.2, 0.25) is 0 Å². The Bertz CT molecular complexity index is 198. The Labute approximate surface area is 73.5 Å². The molecular weight excluding hydrogens is 152 g/mol. The molecule has 0 aromatic rings. The molecule has 0 unspecified atom stereocenters. The van der Waals surface area contributed by atoms with Crippen LogP contribution in [-0.4, -0.2) is 19.0 Å². The fourth-order valence-electron chi connectivity index (χ4n) is 1.94. The minimum absolute atomic E-state index is 0.0134. The van der Waals surface area contributed by atoms with Gasteiger partial charge in [-0.2, -0.15) is 0 Å². The van der Waals surface area contributed by atoms with Crippen molar-refractivity contribution < 1.29 is 9.47 Å². The van der Waals surface area contributed by atoms with Crippen LogP contribution in [0.5, 0.6) is 0 Å². The Morgan fingerprint density at radius 1 is 1.33 bits per heavy atom. The summed E-state index contributed by atoms with van der Waals surface area (Å²) in [5, 5.41) is 0. The van der Waals surface area contributed by atoms with Gasteiger partial charge in [0.05, 0.1) is 12.7 Å². The van der Waals surface area contributed by atoms with E-state index in [9.17, 15) is 0 Å². The van der Waals surface area contributed by atoms with Crippen LogP contribution in [0.4, 0.5) is 0 Å². The summed E-state index contributed by atoms with van der Waals surface area (Å²) in [6.07, 6.45) is 5.06. The van der Waals surface area contributed by atoms with Crippen molar-refractivity contribution >= 4 is 0 Å². The van der Waals surface area contributed by atoms with E-state index >= 15 is 0 Å². The third-order valence-electron chi connectivity index (χ3n) is 2.64. The van der Waals surface area contributed by atoms with E-state index in [4.69, 9.17) is 9.47 Å². The van der Waals surface area contributed by atoms with Gasteiger partial charge in [-0.25, -0.2) is 0 Å². The molecule has 2 nitrogen and oxygen atoms in total. The van der Waals surface area contributed by atoms with Crippen molar-refractivity contribution in [3.05, 3.63) is 11.6 Å². The minimum Gasteiger partial charge on any atom is -0.349 e. The van der Waals surface area contributed by atoms with E-state index < -0.39 is 0 Å². The van der Waals surface area contributed by atoms with Crippen molar-refractivity contribution in [3.8, 4) is 0 Å². The molecule has 12 heavy (non-hydrogen) atoms. The van der Waals surface area contributed by atoms with Gasteiger partial charge in [-0.15, -0.1) is 0 Å². The topological polar surface area (TPSA) is 18.5 Å². The average Bonchev–Trinajstić information content (AvgIpc) is 2.05. The predicted octanol–water partition coefficient (Wildman–Crippen LogP) is 2.10. The first-order chi connectivity index (χ1) is 5.75. The van der Waals surface area contributed by atoms with Crippen LogP contribution in [0.2, 0.25) is 0 Å². The largest absolute Gasteiger partial charge is 0.349 e. The van der Waals surface area contributed by atoms with Crippen molar-refractivity contribution in [2.24, 2.45) is 5.92 Å². The van der Waals surface area contributed by atoms with Gasteiger partial charge in [0, 0.05) is 0 Å². The highest BCUT2D eigenvalue weighted by Gasteiger charge is 2.27. The molecule has 0 aromatic carbocycles. The lowest BCUT2D eigenvalue weighted by Crippen LogP contribution is -2.35. The second-order valence-electron chi connectivity index (χ2n) is 3.80. The van der Waals surface area contributed by atoms with Crippen LogP contribution < -0.4 is 0 Å². The molecule has 2 aliphatic rings. The summed E-state index contributed by atoms with van der Waals surface area (Å²) in [6.45, 7) is 4.99. The molecule has 1 heterocycles. The van der Waals surface area contributed by atoms with E-state index in [1.54, 1.807) is 0 Å². The summed E-state index contributed by atoms with van der Waals surface area (Å²) in [4.78, 5) is 0. The number of hydrogen-bond acceptors (Lipinski definition) is 2. The molecule has 0 spiro atoms. The monoisotopic (exact) mass is 168 g/mol. The molecule has 1 aliphatic carbocycles. The normalized spacial score (nSPS) is 41.8. The molecule has 68 valence electrons. The Morgan fingerprint density at radius 2 is 2.17 bits per heavy atom. The molecule has 3 atom stereocenters. The minimum atomic E-state index is -0.0134. The molecule has 1 aliphatic heterocycles. The summed E-state index contributed by atoms with van der Waals surface area (Å²) >= 11 is 0. The lowest BCUT2D eigenvalue weighted by atomic mass is 9.89. The number of rotatable bonds is 0. The SMILES string of the molecule is C[C@@H]1OCC2=C[C@@H](C)CC[C@H]2O1. The maximum absolute atomic E-state index is 5.65. The summed E-state index contributed by atoms with van der Waals surface area (Å²) in [5.74, 6) is 0.705. The van der Waals surface area contributed by atoms with Gasteiger partial charge in [0.1, 0.15) is 0 Å². The molecule has 1 fully saturated rings. The zero-order chi connectivity index (χ0) is 8.55. The quantitative estimate of drug-likeness (QED) is 0.516. The van der Waals surface area contributed by atoms with Gasteiger partial charge in [-0.3, -0.25) is 0 Å². The Balaban J connectivity index is 2.08. The van der Waals surface area contributed by atoms with Crippen LogP contribution >= 0.6 is 0 Å². The van der Waals surface area contributed by atoms with Crippen LogP contribution in [0.3, 0.4) is 0 Å². The highest BCUT2D eigenvalue weighted by Crippen LogP contribution is 2.29. The van der Waals surface area contributed by atoms with Crippen LogP contribution in [-0.2, 0) is 9.47 Å². The van der Waals surface area contributed by atoms with Crippen molar-refractivity contribution in [2.75, 3.05) is 6.61 Å². The van der Waals surface area contributed by atoms with Crippen LogP contribution in [0, 0.1) is 5.92 Å². The highest BCUT2D eigenvalue weighted by molar-refractivity contribution is 5.15. The van der Waals surface area contributed by atoms with Gasteiger partial charge in [0.15, 0.2) is 6.29 Å². The Kier molecular flexibility index (Phi) is 2.20. The third-order valence-corrected chi connectivity index (χ3v) is 2.64. The zero-order valence-corrected chi connectivity index (χ0v) is 7.75. The van der Waals surface area contributed by atoms with E-state index in [1.807, 2.05) is 6.92 Å². The first-order valence-corrected chi connectivity index (χ1v) is 4.73. The van der Waals surface area contributed by atoms with E-state index in [0.717, 1.165) is 6.61 Å². The first-order valence-electron chi connectivity index (χ1n) is 4.73. The fraction of sp³-hybridized carbons (Fsp3) is 0.800. The maximum Gasteiger partial charge on any atom is 0.156 e. The first kappa shape index (κ1) is 8.27. The zero-order valence-electron chi connectivity index (χ0n) is 7.75. The Morgan fingerprint density at radius 3 is 3.00 bits per heavy atom. The van der Waals surface area contributed by atoms with E-state index in [-0.39, 0.29) is 6.29 Å². The molecule has 2 rings (SSSR count). The summed E-state index contributed by atoms with van der Waals surface area (Å²) in [5.41, 5.74) is 1.35. The van der Waals surface area contributed by atoms with Gasteiger partial charge >= 0.3 is 0 Å². The number of hydrogen-bond donors (Lipinski definition) is 0. The number of ether oxygens (including phenoxy) is 2. The van der Waals surface area contributed by atoms with Crippen LogP contribution in [0.1, 0.15) is 26.7 Å². The lowest BCUT2D eigenvalue weighted by molar-refractivity contribution is -0.180. The number of allylic oxidation sites excluding steroid dienone is 1. The lowest BCUT2D eigenvalue weighted by Gasteiger charge is -2.34.